The van der Waals surface area contributed by atoms with Crippen molar-refractivity contribution in [3.63, 3.8) is 0 Å². The van der Waals surface area contributed by atoms with Gasteiger partial charge in [0, 0.05) is 47.0 Å². The predicted octanol–water partition coefficient (Wildman–Crippen LogP) is 2.77. The second kappa shape index (κ2) is 9.12. The molecule has 2 aromatic rings. The molecule has 0 radical (unpaired) electrons. The van der Waals surface area contributed by atoms with Crippen molar-refractivity contribution in [2.45, 2.75) is 31.8 Å². The molecule has 1 aliphatic heterocycles. The Labute approximate surface area is 187 Å². The Hall–Kier alpha value is -4.19. The van der Waals surface area contributed by atoms with E-state index in [1.807, 2.05) is 0 Å². The van der Waals surface area contributed by atoms with Gasteiger partial charge in [0.05, 0.1) is 9.85 Å². The monoisotopic (exact) mass is 452 g/mol. The molecular formula is C21H20N6O6. The minimum Gasteiger partial charge on any atom is -0.285 e. The standard InChI is InChI=1S/C21H20N6O6/c28-20(13-5-9-15(10-6-13)26(30)31)23-22-19-17-3-1-2-4-18(17)24-25(19)21(29)14-7-11-16(12-8-14)27(32)33/h5-12,17,19,22H,1-4H2,(H,23,28). The number of hydrazine groups is 1. The van der Waals surface area contributed by atoms with Crippen LogP contribution in [0, 0.1) is 26.1 Å². The highest BCUT2D eigenvalue weighted by molar-refractivity contribution is 5.99. The smallest absolute Gasteiger partial charge is 0.275 e. The average molecular weight is 452 g/mol. The first-order valence-corrected chi connectivity index (χ1v) is 10.3. The van der Waals surface area contributed by atoms with Gasteiger partial charge in [-0.3, -0.25) is 35.2 Å². The Morgan fingerprint density at radius 1 is 0.909 bits per heavy atom. The van der Waals surface area contributed by atoms with Gasteiger partial charge in [-0.1, -0.05) is 6.42 Å². The lowest BCUT2D eigenvalue weighted by Crippen LogP contribution is -2.55. The maximum absolute atomic E-state index is 13.1. The third-order valence-corrected chi connectivity index (χ3v) is 5.71. The lowest BCUT2D eigenvalue weighted by Gasteiger charge is -2.29. The average Bonchev–Trinajstić information content (AvgIpc) is 3.20. The molecule has 1 heterocycles. The molecule has 0 aromatic heterocycles. The van der Waals surface area contributed by atoms with E-state index in [-0.39, 0.29) is 28.4 Å². The molecule has 2 aliphatic rings. The molecule has 12 nitrogen and oxygen atoms in total. The van der Waals surface area contributed by atoms with Gasteiger partial charge in [-0.2, -0.15) is 5.10 Å². The molecule has 2 atom stereocenters. The first-order chi connectivity index (χ1) is 15.8. The largest absolute Gasteiger partial charge is 0.285 e. The topological polar surface area (TPSA) is 160 Å². The van der Waals surface area contributed by atoms with Crippen LogP contribution in [0.5, 0.6) is 0 Å². The van der Waals surface area contributed by atoms with Crippen LogP contribution >= 0.6 is 0 Å². The van der Waals surface area contributed by atoms with Gasteiger partial charge in [-0.25, -0.2) is 10.4 Å². The zero-order valence-electron chi connectivity index (χ0n) is 17.3. The number of rotatable bonds is 6. The van der Waals surface area contributed by atoms with Crippen LogP contribution in [-0.4, -0.2) is 38.5 Å². The fraction of sp³-hybridized carbons (Fsp3) is 0.286. The SMILES string of the molecule is O=C(NNC1C2CCCCC2=NN1C(=O)c1ccc([N+](=O)[O-])cc1)c1ccc([N+](=O)[O-])cc1. The summed E-state index contributed by atoms with van der Waals surface area (Å²) in [6.45, 7) is 0. The fourth-order valence-electron chi connectivity index (χ4n) is 4.00. The number of amides is 2. The van der Waals surface area contributed by atoms with Gasteiger partial charge < -0.3 is 0 Å². The van der Waals surface area contributed by atoms with Crippen molar-refractivity contribution < 1.29 is 19.4 Å². The number of hydrogen-bond acceptors (Lipinski definition) is 8. The number of nitrogens with one attached hydrogen (secondary N) is 2. The molecule has 170 valence electrons. The van der Waals surface area contributed by atoms with Crippen LogP contribution in [0.25, 0.3) is 0 Å². The lowest BCUT2D eigenvalue weighted by molar-refractivity contribution is -0.385. The summed E-state index contributed by atoms with van der Waals surface area (Å²) in [6.07, 6.45) is 2.80. The highest BCUT2D eigenvalue weighted by atomic mass is 16.6. The van der Waals surface area contributed by atoms with E-state index >= 15 is 0 Å². The summed E-state index contributed by atoms with van der Waals surface area (Å²) in [5.41, 5.74) is 6.51. The maximum atomic E-state index is 13.1. The van der Waals surface area contributed by atoms with Crippen molar-refractivity contribution in [3.8, 4) is 0 Å². The first kappa shape index (κ1) is 22.0. The predicted molar refractivity (Wildman–Crippen MR) is 116 cm³/mol. The van der Waals surface area contributed by atoms with Gasteiger partial charge in [0.2, 0.25) is 0 Å². The summed E-state index contributed by atoms with van der Waals surface area (Å²) >= 11 is 0. The molecule has 0 spiro atoms. The third-order valence-electron chi connectivity index (χ3n) is 5.71. The summed E-state index contributed by atoms with van der Waals surface area (Å²) in [6, 6.07) is 10.4. The van der Waals surface area contributed by atoms with Crippen molar-refractivity contribution in [3.05, 3.63) is 79.9 Å². The van der Waals surface area contributed by atoms with Crippen molar-refractivity contribution in [1.82, 2.24) is 15.9 Å². The van der Waals surface area contributed by atoms with E-state index in [0.717, 1.165) is 31.4 Å². The van der Waals surface area contributed by atoms with Crippen LogP contribution < -0.4 is 10.9 Å². The quantitative estimate of drug-likeness (QED) is 0.503. The molecule has 33 heavy (non-hydrogen) atoms. The van der Waals surface area contributed by atoms with E-state index in [1.54, 1.807) is 0 Å². The molecule has 1 fully saturated rings. The van der Waals surface area contributed by atoms with Crippen molar-refractivity contribution in [2.75, 3.05) is 0 Å². The maximum Gasteiger partial charge on any atom is 0.275 e. The van der Waals surface area contributed by atoms with Crippen molar-refractivity contribution in [1.29, 1.82) is 0 Å². The van der Waals surface area contributed by atoms with Crippen LogP contribution in [0.15, 0.2) is 53.6 Å². The van der Waals surface area contributed by atoms with E-state index in [0.29, 0.717) is 0 Å². The minimum atomic E-state index is -0.634. The fourth-order valence-corrected chi connectivity index (χ4v) is 4.00. The van der Waals surface area contributed by atoms with E-state index in [4.69, 9.17) is 0 Å². The summed E-state index contributed by atoms with van der Waals surface area (Å²) < 4.78 is 0. The molecule has 0 bridgehead atoms. The van der Waals surface area contributed by atoms with Gasteiger partial charge in [0.25, 0.3) is 23.2 Å². The van der Waals surface area contributed by atoms with Gasteiger partial charge in [0.1, 0.15) is 6.17 Å². The molecule has 2 unspecified atom stereocenters. The number of hydrazone groups is 1. The molecule has 0 saturated heterocycles. The molecule has 1 aliphatic carbocycles. The molecule has 4 rings (SSSR count). The van der Waals surface area contributed by atoms with E-state index in [2.05, 4.69) is 16.0 Å². The Balaban J connectivity index is 1.50. The number of non-ortho nitro benzene ring substituents is 2. The van der Waals surface area contributed by atoms with Gasteiger partial charge >= 0.3 is 0 Å². The van der Waals surface area contributed by atoms with E-state index < -0.39 is 27.8 Å². The number of benzene rings is 2. The van der Waals surface area contributed by atoms with E-state index in [1.165, 1.54) is 53.5 Å². The van der Waals surface area contributed by atoms with Crippen LogP contribution in [0.4, 0.5) is 11.4 Å². The zero-order valence-corrected chi connectivity index (χ0v) is 17.3. The van der Waals surface area contributed by atoms with Gasteiger partial charge in [-0.05, 0) is 43.5 Å². The molecule has 12 heteroatoms. The van der Waals surface area contributed by atoms with Gasteiger partial charge in [-0.15, -0.1) is 0 Å². The van der Waals surface area contributed by atoms with Crippen molar-refractivity contribution >= 4 is 28.9 Å². The number of carbonyl (C=O) groups excluding carboxylic acids is 2. The Morgan fingerprint density at radius 3 is 2.06 bits per heavy atom. The summed E-state index contributed by atoms with van der Waals surface area (Å²) in [5.74, 6) is -1.05. The molecular weight excluding hydrogens is 432 g/mol. The van der Waals surface area contributed by atoms with Crippen LogP contribution in [-0.2, 0) is 0 Å². The van der Waals surface area contributed by atoms with E-state index in [9.17, 15) is 29.8 Å². The van der Waals surface area contributed by atoms with Crippen molar-refractivity contribution in [2.24, 2.45) is 11.0 Å². The molecule has 2 N–H and O–H groups in total. The number of carbonyl (C=O) groups is 2. The second-order valence-electron chi connectivity index (χ2n) is 7.74. The third kappa shape index (κ3) is 4.55. The molecule has 2 aromatic carbocycles. The lowest BCUT2D eigenvalue weighted by atomic mass is 9.86. The highest BCUT2D eigenvalue weighted by Gasteiger charge is 2.41. The molecule has 1 saturated carbocycles. The normalized spacial score (nSPS) is 19.4. The Kier molecular flexibility index (Phi) is 6.09. The number of nitro groups is 2. The number of fused-ring (bicyclic) bond motifs is 1. The van der Waals surface area contributed by atoms with Crippen LogP contribution in [0.3, 0.4) is 0 Å². The zero-order chi connectivity index (χ0) is 23.5. The summed E-state index contributed by atoms with van der Waals surface area (Å²) in [7, 11) is 0. The second-order valence-corrected chi connectivity index (χ2v) is 7.74. The summed E-state index contributed by atoms with van der Waals surface area (Å²) in [5, 5.41) is 27.4. The highest BCUT2D eigenvalue weighted by Crippen LogP contribution is 2.32. The first-order valence-electron chi connectivity index (χ1n) is 10.3. The van der Waals surface area contributed by atoms with Gasteiger partial charge in [0.15, 0.2) is 0 Å². The number of nitrogens with zero attached hydrogens (tertiary/aromatic N) is 4. The Bertz CT molecular complexity index is 1130. The minimum absolute atomic E-state index is 0.0853. The molecule has 2 amide bonds. The number of hydrogen-bond donors (Lipinski definition) is 2. The van der Waals surface area contributed by atoms with Crippen LogP contribution in [0.1, 0.15) is 46.4 Å². The number of nitro benzene ring substituents is 2. The van der Waals surface area contributed by atoms with Crippen LogP contribution in [0.2, 0.25) is 0 Å². The Morgan fingerprint density at radius 2 is 1.48 bits per heavy atom. The summed E-state index contributed by atoms with van der Waals surface area (Å²) in [4.78, 5) is 46.3.